The van der Waals surface area contributed by atoms with Gasteiger partial charge < -0.3 is 9.84 Å². The Bertz CT molecular complexity index is 582. The van der Waals surface area contributed by atoms with Crippen LogP contribution in [0, 0.1) is 11.3 Å². The SMILES string of the molecule is CC[C@@H](O)c1ccc(Oc2ccc(CC#N)cc2)cc1. The van der Waals surface area contributed by atoms with Crippen LogP contribution in [0.25, 0.3) is 0 Å². The van der Waals surface area contributed by atoms with Gasteiger partial charge in [-0.15, -0.1) is 0 Å². The van der Waals surface area contributed by atoms with Crippen molar-refractivity contribution in [3.05, 3.63) is 59.7 Å². The van der Waals surface area contributed by atoms with Crippen LogP contribution in [0.5, 0.6) is 11.5 Å². The molecule has 2 aromatic carbocycles. The molecule has 0 spiro atoms. The highest BCUT2D eigenvalue weighted by Gasteiger charge is 2.04. The van der Waals surface area contributed by atoms with E-state index in [-0.39, 0.29) is 0 Å². The van der Waals surface area contributed by atoms with Crippen molar-refractivity contribution in [3.8, 4) is 17.6 Å². The molecule has 0 saturated heterocycles. The van der Waals surface area contributed by atoms with Crippen molar-refractivity contribution in [2.24, 2.45) is 0 Å². The summed E-state index contributed by atoms with van der Waals surface area (Å²) in [5, 5.41) is 18.3. The van der Waals surface area contributed by atoms with Gasteiger partial charge in [-0.05, 0) is 41.8 Å². The standard InChI is InChI=1S/C17H17NO2/c1-2-17(19)14-5-9-16(10-6-14)20-15-7-3-13(4-8-15)11-12-18/h3-10,17,19H,2,11H2,1H3/t17-/m1/s1. The minimum Gasteiger partial charge on any atom is -0.457 e. The Kier molecular flexibility index (Phi) is 4.75. The highest BCUT2D eigenvalue weighted by molar-refractivity contribution is 5.35. The molecule has 0 heterocycles. The normalized spacial score (nSPS) is 11.7. The molecule has 0 aliphatic carbocycles. The van der Waals surface area contributed by atoms with Crippen molar-refractivity contribution in [2.45, 2.75) is 25.9 Å². The van der Waals surface area contributed by atoms with Crippen LogP contribution in [0.2, 0.25) is 0 Å². The Morgan fingerprint density at radius 2 is 1.60 bits per heavy atom. The molecule has 0 aliphatic heterocycles. The van der Waals surface area contributed by atoms with Crippen LogP contribution in [-0.2, 0) is 6.42 Å². The molecule has 0 radical (unpaired) electrons. The van der Waals surface area contributed by atoms with Crippen LogP contribution < -0.4 is 4.74 Å². The lowest BCUT2D eigenvalue weighted by molar-refractivity contribution is 0.173. The molecular formula is C17H17NO2. The van der Waals surface area contributed by atoms with Crippen LogP contribution in [0.4, 0.5) is 0 Å². The number of aliphatic hydroxyl groups excluding tert-OH is 1. The zero-order valence-corrected chi connectivity index (χ0v) is 11.4. The Balaban J connectivity index is 2.04. The van der Waals surface area contributed by atoms with Crippen LogP contribution in [0.15, 0.2) is 48.5 Å². The van der Waals surface area contributed by atoms with E-state index in [9.17, 15) is 5.11 Å². The second-order valence-corrected chi connectivity index (χ2v) is 4.57. The summed E-state index contributed by atoms with van der Waals surface area (Å²) in [6.07, 6.45) is 0.680. The van der Waals surface area contributed by atoms with Gasteiger partial charge in [0.2, 0.25) is 0 Å². The molecule has 3 nitrogen and oxygen atoms in total. The summed E-state index contributed by atoms with van der Waals surface area (Å²) < 4.78 is 5.72. The molecule has 102 valence electrons. The van der Waals surface area contributed by atoms with Crippen LogP contribution in [0.3, 0.4) is 0 Å². The highest BCUT2D eigenvalue weighted by atomic mass is 16.5. The maximum Gasteiger partial charge on any atom is 0.127 e. The molecule has 0 bridgehead atoms. The van der Waals surface area contributed by atoms with E-state index < -0.39 is 6.10 Å². The van der Waals surface area contributed by atoms with Crippen LogP contribution >= 0.6 is 0 Å². The average molecular weight is 267 g/mol. The molecule has 1 atom stereocenters. The van der Waals surface area contributed by atoms with Crippen molar-refractivity contribution >= 4 is 0 Å². The third-order valence-corrected chi connectivity index (χ3v) is 3.09. The van der Waals surface area contributed by atoms with E-state index in [0.717, 1.165) is 22.6 Å². The summed E-state index contributed by atoms with van der Waals surface area (Å²) in [7, 11) is 0. The first kappa shape index (κ1) is 14.1. The minimum absolute atomic E-state index is 0.407. The minimum atomic E-state index is -0.422. The fourth-order valence-electron chi connectivity index (χ4n) is 1.90. The number of hydrogen-bond acceptors (Lipinski definition) is 3. The quantitative estimate of drug-likeness (QED) is 0.891. The summed E-state index contributed by atoms with van der Waals surface area (Å²) >= 11 is 0. The number of aliphatic hydroxyl groups is 1. The van der Waals surface area contributed by atoms with E-state index in [4.69, 9.17) is 10.00 Å². The van der Waals surface area contributed by atoms with Gasteiger partial charge >= 0.3 is 0 Å². The second-order valence-electron chi connectivity index (χ2n) is 4.57. The molecule has 0 aromatic heterocycles. The van der Waals surface area contributed by atoms with Crippen molar-refractivity contribution in [1.82, 2.24) is 0 Å². The zero-order chi connectivity index (χ0) is 14.4. The molecule has 3 heteroatoms. The van der Waals surface area contributed by atoms with Gasteiger partial charge in [0.1, 0.15) is 11.5 Å². The van der Waals surface area contributed by atoms with Gasteiger partial charge in [-0.2, -0.15) is 5.26 Å². The van der Waals surface area contributed by atoms with E-state index in [1.807, 2.05) is 55.5 Å². The Hall–Kier alpha value is -2.31. The first-order valence-corrected chi connectivity index (χ1v) is 6.64. The Morgan fingerprint density at radius 3 is 2.10 bits per heavy atom. The number of ether oxygens (including phenoxy) is 1. The molecule has 20 heavy (non-hydrogen) atoms. The zero-order valence-electron chi connectivity index (χ0n) is 11.4. The molecular weight excluding hydrogens is 250 g/mol. The van der Waals surface area contributed by atoms with Crippen molar-refractivity contribution < 1.29 is 9.84 Å². The average Bonchev–Trinajstić information content (AvgIpc) is 2.49. The molecule has 2 rings (SSSR count). The molecule has 0 amide bonds. The summed E-state index contributed by atoms with van der Waals surface area (Å²) in [4.78, 5) is 0. The predicted molar refractivity (Wildman–Crippen MR) is 77.5 cm³/mol. The molecule has 0 saturated carbocycles. The predicted octanol–water partition coefficient (Wildman–Crippen LogP) is 3.99. The maximum absolute atomic E-state index is 9.72. The summed E-state index contributed by atoms with van der Waals surface area (Å²) in [5.41, 5.74) is 1.87. The molecule has 2 aromatic rings. The number of hydrogen-bond donors (Lipinski definition) is 1. The third kappa shape index (κ3) is 3.59. The van der Waals surface area contributed by atoms with Gasteiger partial charge in [-0.1, -0.05) is 31.2 Å². The van der Waals surface area contributed by atoms with Gasteiger partial charge in [0, 0.05) is 0 Å². The fraction of sp³-hybridized carbons (Fsp3) is 0.235. The van der Waals surface area contributed by atoms with Crippen LogP contribution in [0.1, 0.15) is 30.6 Å². The van der Waals surface area contributed by atoms with E-state index in [1.54, 1.807) is 0 Å². The maximum atomic E-state index is 9.72. The summed E-state index contributed by atoms with van der Waals surface area (Å²) in [5.74, 6) is 1.46. The lowest BCUT2D eigenvalue weighted by atomic mass is 10.1. The fourth-order valence-corrected chi connectivity index (χ4v) is 1.90. The van der Waals surface area contributed by atoms with Crippen molar-refractivity contribution in [1.29, 1.82) is 5.26 Å². The molecule has 0 unspecified atom stereocenters. The second kappa shape index (κ2) is 6.74. The van der Waals surface area contributed by atoms with Gasteiger partial charge in [0.05, 0.1) is 18.6 Å². The molecule has 0 aliphatic rings. The van der Waals surface area contributed by atoms with Gasteiger partial charge in [0.25, 0.3) is 0 Å². The summed E-state index contributed by atoms with van der Waals surface area (Å²) in [6.45, 7) is 1.94. The highest BCUT2D eigenvalue weighted by Crippen LogP contribution is 2.24. The lowest BCUT2D eigenvalue weighted by Crippen LogP contribution is -1.94. The topological polar surface area (TPSA) is 53.2 Å². The number of benzene rings is 2. The number of nitrogens with zero attached hydrogens (tertiary/aromatic N) is 1. The van der Waals surface area contributed by atoms with Gasteiger partial charge in [-0.3, -0.25) is 0 Å². The van der Waals surface area contributed by atoms with Crippen molar-refractivity contribution in [3.63, 3.8) is 0 Å². The van der Waals surface area contributed by atoms with Crippen LogP contribution in [-0.4, -0.2) is 5.11 Å². The molecule has 1 N–H and O–H groups in total. The first-order valence-electron chi connectivity index (χ1n) is 6.64. The van der Waals surface area contributed by atoms with E-state index in [0.29, 0.717) is 12.8 Å². The van der Waals surface area contributed by atoms with E-state index >= 15 is 0 Å². The van der Waals surface area contributed by atoms with Gasteiger partial charge in [-0.25, -0.2) is 0 Å². The smallest absolute Gasteiger partial charge is 0.127 e. The largest absolute Gasteiger partial charge is 0.457 e. The lowest BCUT2D eigenvalue weighted by Gasteiger charge is -2.10. The van der Waals surface area contributed by atoms with Gasteiger partial charge in [0.15, 0.2) is 0 Å². The van der Waals surface area contributed by atoms with Crippen molar-refractivity contribution in [2.75, 3.05) is 0 Å². The third-order valence-electron chi connectivity index (χ3n) is 3.09. The summed E-state index contributed by atoms with van der Waals surface area (Å²) in [6, 6.07) is 17.0. The van der Waals surface area contributed by atoms with E-state index in [2.05, 4.69) is 6.07 Å². The Morgan fingerprint density at radius 1 is 1.05 bits per heavy atom. The van der Waals surface area contributed by atoms with E-state index in [1.165, 1.54) is 0 Å². The first-order chi connectivity index (χ1) is 9.72. The molecule has 0 fully saturated rings. The number of nitriles is 1. The Labute approximate surface area is 119 Å². The monoisotopic (exact) mass is 267 g/mol. The number of rotatable bonds is 5.